The van der Waals surface area contributed by atoms with Gasteiger partial charge in [0.2, 0.25) is 0 Å². The van der Waals surface area contributed by atoms with Crippen molar-refractivity contribution in [3.63, 3.8) is 0 Å². The van der Waals surface area contributed by atoms with E-state index in [1.54, 1.807) is 6.07 Å². The van der Waals surface area contributed by atoms with E-state index in [1.165, 1.54) is 0 Å². The Bertz CT molecular complexity index is 705. The van der Waals surface area contributed by atoms with Crippen molar-refractivity contribution in [2.24, 2.45) is 0 Å². The molecule has 0 spiro atoms. The van der Waals surface area contributed by atoms with Gasteiger partial charge in [-0.05, 0) is 50.5 Å². The summed E-state index contributed by atoms with van der Waals surface area (Å²) in [5.74, 6) is -0.264. The number of aromatic nitrogens is 2. The summed E-state index contributed by atoms with van der Waals surface area (Å²) in [6.07, 6.45) is 2.56. The maximum atomic E-state index is 12.2. The van der Waals surface area contributed by atoms with Gasteiger partial charge in [-0.15, -0.1) is 0 Å². The predicted octanol–water partition coefficient (Wildman–Crippen LogP) is 2.74. The predicted molar refractivity (Wildman–Crippen MR) is 89.4 cm³/mol. The van der Waals surface area contributed by atoms with E-state index in [9.17, 15) is 4.79 Å². The van der Waals surface area contributed by atoms with Crippen LogP contribution in [0.4, 0.5) is 0 Å². The first-order valence-electron chi connectivity index (χ1n) is 8.29. The Labute approximate surface area is 141 Å². The third kappa shape index (κ3) is 4.21. The Hall–Kier alpha value is -2.18. The zero-order valence-corrected chi connectivity index (χ0v) is 14.1. The molecule has 1 aromatic heterocycles. The van der Waals surface area contributed by atoms with Crippen molar-refractivity contribution < 1.29 is 14.4 Å². The van der Waals surface area contributed by atoms with Crippen LogP contribution in [0.2, 0.25) is 0 Å². The van der Waals surface area contributed by atoms with Crippen LogP contribution in [-0.4, -0.2) is 28.6 Å². The Kier molecular flexibility index (Phi) is 5.27. The molecule has 2 heterocycles. The lowest BCUT2D eigenvalue weighted by atomic mass is 10.1. The largest absolute Gasteiger partial charge is 0.350 e. The van der Waals surface area contributed by atoms with Crippen molar-refractivity contribution in [2.75, 3.05) is 6.61 Å². The first kappa shape index (κ1) is 16.7. The number of nitrogens with zero attached hydrogens (tertiary/aromatic N) is 2. The van der Waals surface area contributed by atoms with Crippen LogP contribution in [0.15, 0.2) is 30.3 Å². The number of ether oxygens (including phenoxy) is 1. The van der Waals surface area contributed by atoms with Crippen LogP contribution >= 0.6 is 0 Å². The summed E-state index contributed by atoms with van der Waals surface area (Å²) >= 11 is 0. The lowest BCUT2D eigenvalue weighted by molar-refractivity contribution is -0.186. The van der Waals surface area contributed by atoms with E-state index in [0.29, 0.717) is 18.7 Å². The van der Waals surface area contributed by atoms with Crippen LogP contribution in [0.1, 0.15) is 46.6 Å². The number of carbonyl (C=O) groups excluding carboxylic acids is 1. The summed E-state index contributed by atoms with van der Waals surface area (Å²) in [6, 6.07) is 9.52. The average Bonchev–Trinajstić information content (AvgIpc) is 2.91. The fourth-order valence-corrected chi connectivity index (χ4v) is 2.80. The summed E-state index contributed by atoms with van der Waals surface area (Å²) in [5.41, 5.74) is 6.15. The fraction of sp³-hybridized carbons (Fsp3) is 0.444. The molecule has 0 unspecified atom stereocenters. The molecule has 0 saturated carbocycles. The molecule has 1 atom stereocenters. The van der Waals surface area contributed by atoms with E-state index >= 15 is 0 Å². The first-order chi connectivity index (χ1) is 11.6. The second kappa shape index (κ2) is 7.59. The molecule has 0 bridgehead atoms. The van der Waals surface area contributed by atoms with E-state index in [0.717, 1.165) is 36.2 Å². The Morgan fingerprint density at radius 1 is 1.38 bits per heavy atom. The molecular weight excluding hydrogens is 306 g/mol. The number of aryl methyl sites for hydroxylation is 2. The first-order valence-corrected chi connectivity index (χ1v) is 8.29. The summed E-state index contributed by atoms with van der Waals surface area (Å²) in [4.78, 5) is 17.6. The third-order valence-electron chi connectivity index (χ3n) is 4.05. The minimum Gasteiger partial charge on any atom is -0.350 e. The van der Waals surface area contributed by atoms with Gasteiger partial charge in [-0.1, -0.05) is 12.1 Å². The van der Waals surface area contributed by atoms with Gasteiger partial charge in [0.25, 0.3) is 5.91 Å². The quantitative estimate of drug-likeness (QED) is 0.857. The van der Waals surface area contributed by atoms with Gasteiger partial charge in [0, 0.05) is 24.3 Å². The zero-order valence-electron chi connectivity index (χ0n) is 14.1. The molecule has 1 aliphatic rings. The third-order valence-corrected chi connectivity index (χ3v) is 4.05. The highest BCUT2D eigenvalue weighted by molar-refractivity contribution is 5.93. The molecule has 0 radical (unpaired) electrons. The monoisotopic (exact) mass is 329 g/mol. The van der Waals surface area contributed by atoms with E-state index in [-0.39, 0.29) is 12.2 Å². The number of hydrogen-bond donors (Lipinski definition) is 1. The van der Waals surface area contributed by atoms with Gasteiger partial charge < -0.3 is 4.74 Å². The van der Waals surface area contributed by atoms with Gasteiger partial charge >= 0.3 is 0 Å². The number of hydroxylamine groups is 1. The van der Waals surface area contributed by atoms with Gasteiger partial charge in [-0.3, -0.25) is 9.48 Å². The van der Waals surface area contributed by atoms with Crippen molar-refractivity contribution in [1.29, 1.82) is 0 Å². The second-order valence-electron chi connectivity index (χ2n) is 6.13. The van der Waals surface area contributed by atoms with Gasteiger partial charge in [0.15, 0.2) is 6.29 Å². The van der Waals surface area contributed by atoms with Crippen molar-refractivity contribution in [1.82, 2.24) is 15.3 Å². The maximum absolute atomic E-state index is 12.2. The molecule has 0 aliphatic carbocycles. The van der Waals surface area contributed by atoms with Crippen LogP contribution < -0.4 is 5.48 Å². The summed E-state index contributed by atoms with van der Waals surface area (Å²) in [7, 11) is 0. The number of nitrogens with one attached hydrogen (secondary N) is 1. The van der Waals surface area contributed by atoms with Crippen molar-refractivity contribution in [2.45, 2.75) is 45.9 Å². The second-order valence-corrected chi connectivity index (χ2v) is 6.13. The Morgan fingerprint density at radius 2 is 2.25 bits per heavy atom. The summed E-state index contributed by atoms with van der Waals surface area (Å²) < 4.78 is 7.36. The number of carbonyl (C=O) groups is 1. The van der Waals surface area contributed by atoms with Crippen LogP contribution in [0.25, 0.3) is 0 Å². The smallest absolute Gasteiger partial charge is 0.274 e. The zero-order chi connectivity index (χ0) is 16.9. The minimum atomic E-state index is -0.347. The van der Waals surface area contributed by atoms with Gasteiger partial charge in [-0.2, -0.15) is 5.10 Å². The summed E-state index contributed by atoms with van der Waals surface area (Å²) in [5, 5.41) is 4.45. The molecule has 6 nitrogen and oxygen atoms in total. The molecule has 1 amide bonds. The van der Waals surface area contributed by atoms with Gasteiger partial charge in [-0.25, -0.2) is 10.3 Å². The molecule has 2 aromatic rings. The highest BCUT2D eigenvalue weighted by Crippen LogP contribution is 2.13. The van der Waals surface area contributed by atoms with Gasteiger partial charge in [0.1, 0.15) is 0 Å². The topological polar surface area (TPSA) is 65.4 Å². The molecular formula is C18H23N3O3. The molecule has 3 rings (SSSR count). The lowest BCUT2D eigenvalue weighted by Crippen LogP contribution is -2.33. The lowest BCUT2D eigenvalue weighted by Gasteiger charge is -2.22. The average molecular weight is 329 g/mol. The van der Waals surface area contributed by atoms with E-state index < -0.39 is 0 Å². The standard InChI is InChI=1S/C18H23N3O3/c1-13-10-14(2)21(19-13)12-15-6-5-7-16(11-15)18(22)20-24-17-8-3-4-9-23-17/h5-7,10-11,17H,3-4,8-9,12H2,1-2H3,(H,20,22)/t17-/m0/s1. The molecule has 6 heteroatoms. The Morgan fingerprint density at radius 3 is 2.96 bits per heavy atom. The van der Waals surface area contributed by atoms with E-state index in [4.69, 9.17) is 9.57 Å². The molecule has 1 aliphatic heterocycles. The molecule has 128 valence electrons. The molecule has 1 N–H and O–H groups in total. The fourth-order valence-electron chi connectivity index (χ4n) is 2.80. The number of hydrogen-bond acceptors (Lipinski definition) is 4. The summed E-state index contributed by atoms with van der Waals surface area (Å²) in [6.45, 7) is 5.30. The Balaban J connectivity index is 1.61. The molecule has 24 heavy (non-hydrogen) atoms. The molecule has 1 saturated heterocycles. The minimum absolute atomic E-state index is 0.264. The van der Waals surface area contributed by atoms with Crippen LogP contribution in [-0.2, 0) is 16.1 Å². The number of amides is 1. The molecule has 1 aromatic carbocycles. The van der Waals surface area contributed by atoms with Gasteiger partial charge in [0.05, 0.1) is 12.2 Å². The maximum Gasteiger partial charge on any atom is 0.274 e. The van der Waals surface area contributed by atoms with E-state index in [1.807, 2.05) is 42.8 Å². The normalized spacial score (nSPS) is 17.7. The number of rotatable bonds is 5. The highest BCUT2D eigenvalue weighted by atomic mass is 16.8. The SMILES string of the molecule is Cc1cc(C)n(Cc2cccc(C(=O)NO[C@H]3CCCCO3)c2)n1. The van der Waals surface area contributed by atoms with Crippen molar-refractivity contribution >= 4 is 5.91 Å². The van der Waals surface area contributed by atoms with Crippen molar-refractivity contribution in [3.8, 4) is 0 Å². The van der Waals surface area contributed by atoms with Crippen LogP contribution in [0.5, 0.6) is 0 Å². The van der Waals surface area contributed by atoms with Crippen LogP contribution in [0.3, 0.4) is 0 Å². The van der Waals surface area contributed by atoms with Crippen LogP contribution in [0, 0.1) is 13.8 Å². The van der Waals surface area contributed by atoms with E-state index in [2.05, 4.69) is 10.6 Å². The number of benzene rings is 1. The van der Waals surface area contributed by atoms with Crippen molar-refractivity contribution in [3.05, 3.63) is 52.8 Å². The molecule has 1 fully saturated rings. The highest BCUT2D eigenvalue weighted by Gasteiger charge is 2.16.